The number of amides is 1. The molecule has 1 aliphatic rings. The minimum absolute atomic E-state index is 0.275. The molecule has 4 rings (SSSR count). The maximum absolute atomic E-state index is 13.3. The van der Waals surface area contributed by atoms with Crippen molar-refractivity contribution in [3.05, 3.63) is 53.3 Å². The van der Waals surface area contributed by atoms with Gasteiger partial charge in [0.15, 0.2) is 5.65 Å². The van der Waals surface area contributed by atoms with Crippen molar-refractivity contribution in [3.63, 3.8) is 0 Å². The number of ether oxygens (including phenoxy) is 1. The zero-order valence-corrected chi connectivity index (χ0v) is 14.8. The summed E-state index contributed by atoms with van der Waals surface area (Å²) in [7, 11) is 3.15. The SMILES string of the molecule is COC(=O)[C@@H]1Cc2ccccc2N1C(=O)c1cnc2c(c1)c(C)nn2C. The fraction of sp³-hybridized carbons (Fsp3) is 0.263. The van der Waals surface area contributed by atoms with E-state index in [1.807, 2.05) is 38.2 Å². The molecule has 0 saturated carbocycles. The van der Waals surface area contributed by atoms with E-state index >= 15 is 0 Å². The highest BCUT2D eigenvalue weighted by molar-refractivity contribution is 6.11. The lowest BCUT2D eigenvalue weighted by Crippen LogP contribution is -2.43. The van der Waals surface area contributed by atoms with Crippen LogP contribution in [0.5, 0.6) is 0 Å². The number of esters is 1. The number of methoxy groups -OCH3 is 1. The molecule has 0 N–H and O–H groups in total. The highest BCUT2D eigenvalue weighted by atomic mass is 16.5. The highest BCUT2D eigenvalue weighted by Crippen LogP contribution is 2.34. The molecular weight excluding hydrogens is 332 g/mol. The first-order valence-corrected chi connectivity index (χ1v) is 8.30. The van der Waals surface area contributed by atoms with Crippen LogP contribution in [0.25, 0.3) is 11.0 Å². The predicted molar refractivity (Wildman–Crippen MR) is 96.0 cm³/mol. The number of aryl methyl sites for hydroxylation is 2. The topological polar surface area (TPSA) is 77.3 Å². The molecule has 0 aliphatic carbocycles. The number of nitrogens with zero attached hydrogens (tertiary/aromatic N) is 4. The monoisotopic (exact) mass is 350 g/mol. The molecule has 132 valence electrons. The molecule has 3 heterocycles. The van der Waals surface area contributed by atoms with Crippen LogP contribution in [-0.4, -0.2) is 39.8 Å². The summed E-state index contributed by atoms with van der Waals surface area (Å²) in [5.41, 5.74) is 3.61. The summed E-state index contributed by atoms with van der Waals surface area (Å²) >= 11 is 0. The van der Waals surface area contributed by atoms with Gasteiger partial charge in [0.1, 0.15) is 6.04 Å². The number of aromatic nitrogens is 3. The van der Waals surface area contributed by atoms with Crippen LogP contribution >= 0.6 is 0 Å². The van der Waals surface area contributed by atoms with Gasteiger partial charge in [-0.2, -0.15) is 5.10 Å². The zero-order chi connectivity index (χ0) is 18.4. The maximum Gasteiger partial charge on any atom is 0.329 e. The fourth-order valence-electron chi connectivity index (χ4n) is 3.53. The number of pyridine rings is 1. The molecule has 3 aromatic rings. The Morgan fingerprint density at radius 1 is 1.27 bits per heavy atom. The Hall–Kier alpha value is -3.22. The second kappa shape index (κ2) is 5.94. The van der Waals surface area contributed by atoms with Crippen LogP contribution in [0.15, 0.2) is 36.5 Å². The number of carbonyl (C=O) groups excluding carboxylic acids is 2. The number of rotatable bonds is 2. The number of para-hydroxylation sites is 1. The summed E-state index contributed by atoms with van der Waals surface area (Å²) in [5.74, 6) is -0.704. The van der Waals surface area contributed by atoms with Crippen LogP contribution in [0, 0.1) is 6.92 Å². The van der Waals surface area contributed by atoms with Gasteiger partial charge in [-0.15, -0.1) is 0 Å². The molecule has 26 heavy (non-hydrogen) atoms. The average molecular weight is 350 g/mol. The maximum atomic E-state index is 13.3. The number of benzene rings is 1. The lowest BCUT2D eigenvalue weighted by molar-refractivity contribution is -0.141. The van der Waals surface area contributed by atoms with Crippen molar-refractivity contribution in [2.75, 3.05) is 12.0 Å². The van der Waals surface area contributed by atoms with Crippen molar-refractivity contribution in [1.82, 2.24) is 14.8 Å². The minimum Gasteiger partial charge on any atom is -0.467 e. The fourth-order valence-corrected chi connectivity index (χ4v) is 3.53. The number of fused-ring (bicyclic) bond motifs is 2. The first kappa shape index (κ1) is 16.3. The molecule has 2 aromatic heterocycles. The van der Waals surface area contributed by atoms with Crippen molar-refractivity contribution >= 4 is 28.6 Å². The van der Waals surface area contributed by atoms with Crippen molar-refractivity contribution in [3.8, 4) is 0 Å². The summed E-state index contributed by atoms with van der Waals surface area (Å²) in [5, 5.41) is 5.16. The summed E-state index contributed by atoms with van der Waals surface area (Å²) in [6.07, 6.45) is 1.97. The van der Waals surface area contributed by atoms with Gasteiger partial charge < -0.3 is 4.74 Å². The van der Waals surface area contributed by atoms with Gasteiger partial charge in [0.25, 0.3) is 5.91 Å². The van der Waals surface area contributed by atoms with Crippen LogP contribution in [-0.2, 0) is 23.0 Å². The Bertz CT molecular complexity index is 1040. The third kappa shape index (κ3) is 2.35. The van der Waals surface area contributed by atoms with Gasteiger partial charge in [-0.1, -0.05) is 18.2 Å². The second-order valence-electron chi connectivity index (χ2n) is 6.35. The molecule has 1 atom stereocenters. The predicted octanol–water partition coefficient (Wildman–Crippen LogP) is 2.02. The Morgan fingerprint density at radius 2 is 2.04 bits per heavy atom. The molecule has 7 heteroatoms. The molecule has 1 aliphatic heterocycles. The number of hydrogen-bond acceptors (Lipinski definition) is 5. The lowest BCUT2D eigenvalue weighted by Gasteiger charge is -2.23. The summed E-state index contributed by atoms with van der Waals surface area (Å²) < 4.78 is 6.59. The normalized spacial score (nSPS) is 16.0. The quantitative estimate of drug-likeness (QED) is 0.661. The van der Waals surface area contributed by atoms with Crippen molar-refractivity contribution in [2.24, 2.45) is 7.05 Å². The van der Waals surface area contributed by atoms with Gasteiger partial charge in [-0.05, 0) is 24.6 Å². The molecule has 1 amide bonds. The Morgan fingerprint density at radius 3 is 2.81 bits per heavy atom. The number of carbonyl (C=O) groups is 2. The van der Waals surface area contributed by atoms with Crippen molar-refractivity contribution < 1.29 is 14.3 Å². The molecule has 0 unspecified atom stereocenters. The third-order valence-corrected chi connectivity index (χ3v) is 4.78. The van der Waals surface area contributed by atoms with Crippen molar-refractivity contribution in [2.45, 2.75) is 19.4 Å². The van der Waals surface area contributed by atoms with E-state index in [1.54, 1.807) is 10.7 Å². The van der Waals surface area contributed by atoms with Crippen LogP contribution in [0.2, 0.25) is 0 Å². The Balaban J connectivity index is 1.80. The summed E-state index contributed by atoms with van der Waals surface area (Å²) in [4.78, 5) is 31.4. The number of hydrogen-bond donors (Lipinski definition) is 0. The Labute approximate surface area is 150 Å². The zero-order valence-electron chi connectivity index (χ0n) is 14.8. The van der Waals surface area contributed by atoms with E-state index in [0.29, 0.717) is 17.6 Å². The molecule has 7 nitrogen and oxygen atoms in total. The number of anilines is 1. The van der Waals surface area contributed by atoms with Crippen LogP contribution in [0.1, 0.15) is 21.6 Å². The highest BCUT2D eigenvalue weighted by Gasteiger charge is 2.39. The Kier molecular flexibility index (Phi) is 3.72. The minimum atomic E-state index is -0.671. The van der Waals surface area contributed by atoms with Crippen LogP contribution in [0.4, 0.5) is 5.69 Å². The first-order valence-electron chi connectivity index (χ1n) is 8.30. The van der Waals surface area contributed by atoms with E-state index < -0.39 is 12.0 Å². The molecule has 0 bridgehead atoms. The summed E-state index contributed by atoms with van der Waals surface area (Å²) in [6, 6.07) is 8.63. The smallest absolute Gasteiger partial charge is 0.329 e. The van der Waals surface area contributed by atoms with Gasteiger partial charge in [-0.3, -0.25) is 14.4 Å². The lowest BCUT2D eigenvalue weighted by atomic mass is 10.1. The van der Waals surface area contributed by atoms with E-state index in [1.165, 1.54) is 18.2 Å². The van der Waals surface area contributed by atoms with E-state index in [-0.39, 0.29) is 5.91 Å². The first-order chi connectivity index (χ1) is 12.5. The molecule has 0 spiro atoms. The third-order valence-electron chi connectivity index (χ3n) is 4.78. The molecule has 0 fully saturated rings. The van der Waals surface area contributed by atoms with Gasteiger partial charge in [0, 0.05) is 30.7 Å². The van der Waals surface area contributed by atoms with E-state index in [2.05, 4.69) is 10.1 Å². The largest absolute Gasteiger partial charge is 0.467 e. The molecule has 0 radical (unpaired) electrons. The standard InChI is InChI=1S/C19H18N4O3/c1-11-14-8-13(10-20-17(14)22(2)21-11)18(24)23-15-7-5-4-6-12(15)9-16(23)19(25)26-3/h4-8,10,16H,9H2,1-3H3/t16-/m0/s1. The van der Waals surface area contributed by atoms with Gasteiger partial charge in [0.2, 0.25) is 0 Å². The second-order valence-corrected chi connectivity index (χ2v) is 6.35. The summed E-state index contributed by atoms with van der Waals surface area (Å²) in [6.45, 7) is 1.88. The van der Waals surface area contributed by atoms with Crippen LogP contribution in [0.3, 0.4) is 0 Å². The van der Waals surface area contributed by atoms with Gasteiger partial charge in [-0.25, -0.2) is 9.78 Å². The van der Waals surface area contributed by atoms with Gasteiger partial charge in [0.05, 0.1) is 18.4 Å². The van der Waals surface area contributed by atoms with Gasteiger partial charge >= 0.3 is 5.97 Å². The molecular formula is C19H18N4O3. The molecule has 1 aromatic carbocycles. The molecule has 0 saturated heterocycles. The van der Waals surface area contributed by atoms with E-state index in [0.717, 1.165) is 22.3 Å². The van der Waals surface area contributed by atoms with E-state index in [9.17, 15) is 9.59 Å². The average Bonchev–Trinajstić information content (AvgIpc) is 3.18. The van der Waals surface area contributed by atoms with Crippen molar-refractivity contribution in [1.29, 1.82) is 0 Å². The van der Waals surface area contributed by atoms with E-state index in [4.69, 9.17) is 4.74 Å². The van der Waals surface area contributed by atoms with Crippen LogP contribution < -0.4 is 4.90 Å².